The summed E-state index contributed by atoms with van der Waals surface area (Å²) in [6.45, 7) is 3.88. The Hall–Kier alpha value is -1.28. The third-order valence-electron chi connectivity index (χ3n) is 2.85. The molecule has 0 radical (unpaired) electrons. The van der Waals surface area contributed by atoms with E-state index in [4.69, 9.17) is 5.11 Å². The van der Waals surface area contributed by atoms with Crippen LogP contribution in [0.15, 0.2) is 6.20 Å². The van der Waals surface area contributed by atoms with E-state index in [9.17, 15) is 9.59 Å². The number of hydrogen-bond donors (Lipinski definition) is 3. The summed E-state index contributed by atoms with van der Waals surface area (Å²) in [4.78, 5) is 28.4. The monoisotopic (exact) mass is 331 g/mol. The highest BCUT2D eigenvalue weighted by Crippen LogP contribution is 2.20. The number of aliphatic carboxylic acids is 1. The number of carboxylic acid groups (broad SMARTS) is 1. The van der Waals surface area contributed by atoms with Crippen LogP contribution < -0.4 is 10.6 Å². The molecule has 1 unspecified atom stereocenters. The van der Waals surface area contributed by atoms with E-state index in [1.54, 1.807) is 29.3 Å². The van der Waals surface area contributed by atoms with Crippen LogP contribution >= 0.6 is 23.1 Å². The van der Waals surface area contributed by atoms with Crippen molar-refractivity contribution in [1.82, 2.24) is 15.6 Å². The Morgan fingerprint density at radius 3 is 2.71 bits per heavy atom. The first-order chi connectivity index (χ1) is 9.97. The lowest BCUT2D eigenvalue weighted by atomic mass is 10.2. The number of nitrogens with one attached hydrogen (secondary N) is 2. The van der Waals surface area contributed by atoms with E-state index in [1.807, 2.05) is 20.1 Å². The van der Waals surface area contributed by atoms with Gasteiger partial charge >= 0.3 is 12.0 Å². The maximum absolute atomic E-state index is 11.9. The molecule has 0 fully saturated rings. The Labute approximate surface area is 132 Å². The molecule has 1 heterocycles. The molecule has 1 aromatic heterocycles. The number of thiazole rings is 1. The molecular formula is C13H21N3O3S2. The Kier molecular flexibility index (Phi) is 7.52. The molecule has 3 N–H and O–H groups in total. The van der Waals surface area contributed by atoms with Gasteiger partial charge in [-0.05, 0) is 31.8 Å². The lowest BCUT2D eigenvalue weighted by Crippen LogP contribution is -2.46. The molecule has 0 bridgehead atoms. The standard InChI is InChI=1S/C13H21N3O3S2/c1-4-9-7-14-11(21-9)8(2)15-13(19)16-10(12(17)18)5-6-20-3/h7-8,10H,4-6H2,1-3H3,(H,17,18)(H2,15,16,19)/t8?,10-/m1/s1. The van der Waals surface area contributed by atoms with E-state index >= 15 is 0 Å². The average molecular weight is 331 g/mol. The number of aryl methyl sites for hydroxylation is 1. The second-order valence-electron chi connectivity index (χ2n) is 4.53. The van der Waals surface area contributed by atoms with Gasteiger partial charge in [0.2, 0.25) is 0 Å². The predicted molar refractivity (Wildman–Crippen MR) is 86.0 cm³/mol. The van der Waals surface area contributed by atoms with E-state index in [0.29, 0.717) is 12.2 Å². The molecule has 1 aromatic rings. The quantitative estimate of drug-likeness (QED) is 0.680. The van der Waals surface area contributed by atoms with Crippen LogP contribution in [0.2, 0.25) is 0 Å². The average Bonchev–Trinajstić information content (AvgIpc) is 2.92. The maximum Gasteiger partial charge on any atom is 0.326 e. The van der Waals surface area contributed by atoms with Crippen LogP contribution in [0.4, 0.5) is 4.79 Å². The fourth-order valence-corrected chi connectivity index (χ4v) is 2.97. The number of rotatable bonds is 8. The SMILES string of the molecule is CCc1cnc(C(C)NC(=O)N[C@H](CCSC)C(=O)O)s1. The zero-order chi connectivity index (χ0) is 15.8. The lowest BCUT2D eigenvalue weighted by molar-refractivity contribution is -0.139. The summed E-state index contributed by atoms with van der Waals surface area (Å²) < 4.78 is 0. The van der Waals surface area contributed by atoms with Crippen molar-refractivity contribution in [2.24, 2.45) is 0 Å². The molecule has 0 aliphatic heterocycles. The molecule has 0 saturated heterocycles. The number of amides is 2. The van der Waals surface area contributed by atoms with Crippen LogP contribution in [0.5, 0.6) is 0 Å². The summed E-state index contributed by atoms with van der Waals surface area (Å²) in [5, 5.41) is 15.1. The van der Waals surface area contributed by atoms with Crippen LogP contribution in [0.1, 0.15) is 36.2 Å². The second kappa shape index (κ2) is 8.89. The molecule has 0 spiro atoms. The van der Waals surface area contributed by atoms with Crippen LogP contribution in [0, 0.1) is 0 Å². The van der Waals surface area contributed by atoms with Gasteiger partial charge in [-0.25, -0.2) is 14.6 Å². The van der Waals surface area contributed by atoms with Gasteiger partial charge in [-0.2, -0.15) is 11.8 Å². The van der Waals surface area contributed by atoms with Gasteiger partial charge in [0, 0.05) is 11.1 Å². The zero-order valence-corrected chi connectivity index (χ0v) is 14.0. The molecule has 8 heteroatoms. The zero-order valence-electron chi connectivity index (χ0n) is 12.4. The fourth-order valence-electron chi connectivity index (χ4n) is 1.64. The number of aromatic nitrogens is 1. The highest BCUT2D eigenvalue weighted by atomic mass is 32.2. The molecule has 21 heavy (non-hydrogen) atoms. The van der Waals surface area contributed by atoms with Gasteiger partial charge in [-0.1, -0.05) is 6.92 Å². The number of carboxylic acids is 1. The van der Waals surface area contributed by atoms with Crippen molar-refractivity contribution in [3.63, 3.8) is 0 Å². The number of urea groups is 1. The molecule has 2 amide bonds. The van der Waals surface area contributed by atoms with E-state index in [-0.39, 0.29) is 6.04 Å². The number of nitrogens with zero attached hydrogens (tertiary/aromatic N) is 1. The van der Waals surface area contributed by atoms with E-state index in [1.165, 1.54) is 0 Å². The molecule has 2 atom stereocenters. The number of carbonyl (C=O) groups is 2. The summed E-state index contributed by atoms with van der Waals surface area (Å²) in [5.74, 6) is -0.339. The van der Waals surface area contributed by atoms with Crippen molar-refractivity contribution in [3.8, 4) is 0 Å². The Morgan fingerprint density at radius 2 is 2.19 bits per heavy atom. The normalized spacial score (nSPS) is 13.5. The summed E-state index contributed by atoms with van der Waals surface area (Å²) in [6, 6.07) is -1.60. The highest BCUT2D eigenvalue weighted by Gasteiger charge is 2.21. The lowest BCUT2D eigenvalue weighted by Gasteiger charge is -2.17. The number of hydrogen-bond acceptors (Lipinski definition) is 5. The molecule has 0 aromatic carbocycles. The highest BCUT2D eigenvalue weighted by molar-refractivity contribution is 7.98. The van der Waals surface area contributed by atoms with Gasteiger partial charge < -0.3 is 15.7 Å². The maximum atomic E-state index is 11.9. The Balaban J connectivity index is 2.52. The van der Waals surface area contributed by atoms with Crippen LogP contribution in [0.3, 0.4) is 0 Å². The largest absolute Gasteiger partial charge is 0.480 e. The molecule has 1 rings (SSSR count). The third kappa shape index (κ3) is 5.92. The number of carbonyl (C=O) groups excluding carboxylic acids is 1. The van der Waals surface area contributed by atoms with Gasteiger partial charge in [0.1, 0.15) is 11.0 Å². The molecule has 6 nitrogen and oxygen atoms in total. The third-order valence-corrected chi connectivity index (χ3v) is 4.82. The minimum absolute atomic E-state index is 0.245. The summed E-state index contributed by atoms with van der Waals surface area (Å²) in [7, 11) is 0. The molecular weight excluding hydrogens is 310 g/mol. The predicted octanol–water partition coefficient (Wildman–Crippen LogP) is 2.27. The first kappa shape index (κ1) is 17.8. The van der Waals surface area contributed by atoms with Crippen molar-refractivity contribution in [3.05, 3.63) is 16.1 Å². The molecule has 118 valence electrons. The van der Waals surface area contributed by atoms with Crippen molar-refractivity contribution >= 4 is 35.1 Å². The minimum Gasteiger partial charge on any atom is -0.480 e. The van der Waals surface area contributed by atoms with E-state index < -0.39 is 18.0 Å². The van der Waals surface area contributed by atoms with Crippen molar-refractivity contribution in [2.45, 2.75) is 38.8 Å². The number of thioether (sulfide) groups is 1. The summed E-state index contributed by atoms with van der Waals surface area (Å²) in [6.07, 6.45) is 5.01. The first-order valence-corrected chi connectivity index (χ1v) is 8.92. The van der Waals surface area contributed by atoms with Crippen molar-refractivity contribution in [1.29, 1.82) is 0 Å². The smallest absolute Gasteiger partial charge is 0.326 e. The Morgan fingerprint density at radius 1 is 1.48 bits per heavy atom. The fraction of sp³-hybridized carbons (Fsp3) is 0.615. The van der Waals surface area contributed by atoms with Crippen LogP contribution in [-0.2, 0) is 11.2 Å². The molecule has 0 aliphatic carbocycles. The van der Waals surface area contributed by atoms with Crippen molar-refractivity contribution in [2.75, 3.05) is 12.0 Å². The van der Waals surface area contributed by atoms with Gasteiger partial charge in [-0.3, -0.25) is 0 Å². The van der Waals surface area contributed by atoms with E-state index in [0.717, 1.165) is 16.3 Å². The van der Waals surface area contributed by atoms with Gasteiger partial charge in [0.25, 0.3) is 0 Å². The van der Waals surface area contributed by atoms with Gasteiger partial charge in [0.05, 0.1) is 6.04 Å². The first-order valence-electron chi connectivity index (χ1n) is 6.71. The molecule has 0 saturated carbocycles. The topological polar surface area (TPSA) is 91.3 Å². The van der Waals surface area contributed by atoms with Crippen LogP contribution in [0.25, 0.3) is 0 Å². The Bertz CT molecular complexity index is 479. The van der Waals surface area contributed by atoms with E-state index in [2.05, 4.69) is 15.6 Å². The van der Waals surface area contributed by atoms with Gasteiger partial charge in [0.15, 0.2) is 0 Å². The van der Waals surface area contributed by atoms with Crippen LogP contribution in [-0.4, -0.2) is 40.1 Å². The van der Waals surface area contributed by atoms with Crippen molar-refractivity contribution < 1.29 is 14.7 Å². The summed E-state index contributed by atoms with van der Waals surface area (Å²) in [5.41, 5.74) is 0. The summed E-state index contributed by atoms with van der Waals surface area (Å²) >= 11 is 3.10. The molecule has 0 aliphatic rings. The second-order valence-corrected chi connectivity index (χ2v) is 6.66. The van der Waals surface area contributed by atoms with Gasteiger partial charge in [-0.15, -0.1) is 11.3 Å². The minimum atomic E-state index is -1.02.